The quantitative estimate of drug-likeness (QED) is 0.631. The van der Waals surface area contributed by atoms with Gasteiger partial charge in [0.25, 0.3) is 0 Å². The maximum atomic E-state index is 11.0. The molecule has 21 heavy (non-hydrogen) atoms. The Kier molecular flexibility index (Phi) is 4.18. The average Bonchev–Trinajstić information content (AvgIpc) is 2.48. The number of rotatable bonds is 5. The number of methoxy groups -OCH3 is 1. The van der Waals surface area contributed by atoms with Gasteiger partial charge in [0.1, 0.15) is 5.75 Å². The van der Waals surface area contributed by atoms with Crippen molar-refractivity contribution in [2.24, 2.45) is 0 Å². The molecule has 2 aromatic rings. The largest absolute Gasteiger partial charge is 0.504 e. The second-order valence-corrected chi connectivity index (χ2v) is 4.40. The number of nitrogens with one attached hydrogen (secondary N) is 1. The SMILES string of the molecule is COc1ccc(C(=O)O)cc1NCc1ccc(O)c(O)c1. The smallest absolute Gasteiger partial charge is 0.335 e. The van der Waals surface area contributed by atoms with Crippen LogP contribution in [0.1, 0.15) is 15.9 Å². The monoisotopic (exact) mass is 289 g/mol. The molecule has 0 heterocycles. The van der Waals surface area contributed by atoms with Crippen LogP contribution in [0.4, 0.5) is 5.69 Å². The molecule has 6 heteroatoms. The van der Waals surface area contributed by atoms with Crippen molar-refractivity contribution in [2.75, 3.05) is 12.4 Å². The van der Waals surface area contributed by atoms with E-state index in [0.29, 0.717) is 18.0 Å². The van der Waals surface area contributed by atoms with Gasteiger partial charge in [-0.05, 0) is 35.9 Å². The molecular formula is C15H15NO5. The van der Waals surface area contributed by atoms with Gasteiger partial charge in [0.2, 0.25) is 0 Å². The molecule has 0 saturated carbocycles. The first-order valence-corrected chi connectivity index (χ1v) is 6.17. The van der Waals surface area contributed by atoms with Gasteiger partial charge < -0.3 is 25.4 Å². The van der Waals surface area contributed by atoms with E-state index < -0.39 is 5.97 Å². The van der Waals surface area contributed by atoms with E-state index in [1.807, 2.05) is 0 Å². The summed E-state index contributed by atoms with van der Waals surface area (Å²) in [5.41, 5.74) is 1.41. The summed E-state index contributed by atoms with van der Waals surface area (Å²) >= 11 is 0. The Labute approximate surface area is 121 Å². The van der Waals surface area contributed by atoms with Crippen LogP contribution >= 0.6 is 0 Å². The fourth-order valence-electron chi connectivity index (χ4n) is 1.86. The lowest BCUT2D eigenvalue weighted by atomic mass is 10.1. The molecule has 0 amide bonds. The van der Waals surface area contributed by atoms with Crippen LogP contribution in [-0.4, -0.2) is 28.4 Å². The number of carboxylic acid groups (broad SMARTS) is 1. The number of phenols is 2. The zero-order valence-electron chi connectivity index (χ0n) is 11.3. The fourth-order valence-corrected chi connectivity index (χ4v) is 1.86. The van der Waals surface area contributed by atoms with E-state index in [2.05, 4.69) is 5.32 Å². The molecule has 110 valence electrons. The molecule has 2 rings (SSSR count). The number of aromatic hydroxyl groups is 2. The van der Waals surface area contributed by atoms with Crippen molar-refractivity contribution in [1.82, 2.24) is 0 Å². The zero-order chi connectivity index (χ0) is 15.4. The number of anilines is 1. The van der Waals surface area contributed by atoms with E-state index in [4.69, 9.17) is 9.84 Å². The van der Waals surface area contributed by atoms with Crippen molar-refractivity contribution in [3.8, 4) is 17.2 Å². The van der Waals surface area contributed by atoms with Crippen molar-refractivity contribution in [2.45, 2.75) is 6.54 Å². The van der Waals surface area contributed by atoms with E-state index in [1.165, 1.54) is 31.4 Å². The van der Waals surface area contributed by atoms with Crippen LogP contribution < -0.4 is 10.1 Å². The van der Waals surface area contributed by atoms with Gasteiger partial charge in [0.05, 0.1) is 18.4 Å². The molecule has 0 aliphatic carbocycles. The minimum Gasteiger partial charge on any atom is -0.504 e. The summed E-state index contributed by atoms with van der Waals surface area (Å²) in [5, 5.41) is 30.7. The number of hydrogen-bond donors (Lipinski definition) is 4. The first-order chi connectivity index (χ1) is 10.0. The van der Waals surface area contributed by atoms with Gasteiger partial charge in [-0.2, -0.15) is 0 Å². The summed E-state index contributed by atoms with van der Waals surface area (Å²) in [6.07, 6.45) is 0. The van der Waals surface area contributed by atoms with Gasteiger partial charge in [-0.3, -0.25) is 0 Å². The third-order valence-electron chi connectivity index (χ3n) is 2.97. The normalized spacial score (nSPS) is 10.1. The molecule has 0 aromatic heterocycles. The highest BCUT2D eigenvalue weighted by atomic mass is 16.5. The van der Waals surface area contributed by atoms with Crippen molar-refractivity contribution in [1.29, 1.82) is 0 Å². The number of hydrogen-bond acceptors (Lipinski definition) is 5. The molecule has 0 saturated heterocycles. The van der Waals surface area contributed by atoms with Crippen molar-refractivity contribution in [3.05, 3.63) is 47.5 Å². The van der Waals surface area contributed by atoms with Crippen LogP contribution in [0.2, 0.25) is 0 Å². The van der Waals surface area contributed by atoms with E-state index in [9.17, 15) is 15.0 Å². The van der Waals surface area contributed by atoms with E-state index in [0.717, 1.165) is 5.56 Å². The lowest BCUT2D eigenvalue weighted by molar-refractivity contribution is 0.0697. The fraction of sp³-hybridized carbons (Fsp3) is 0.133. The maximum absolute atomic E-state index is 11.0. The maximum Gasteiger partial charge on any atom is 0.335 e. The number of aromatic carboxylic acids is 1. The highest BCUT2D eigenvalue weighted by Crippen LogP contribution is 2.28. The minimum absolute atomic E-state index is 0.145. The molecule has 0 unspecified atom stereocenters. The molecular weight excluding hydrogens is 274 g/mol. The highest BCUT2D eigenvalue weighted by molar-refractivity contribution is 5.89. The highest BCUT2D eigenvalue weighted by Gasteiger charge is 2.09. The second-order valence-electron chi connectivity index (χ2n) is 4.40. The summed E-state index contributed by atoms with van der Waals surface area (Å²) in [5.74, 6) is -0.907. The van der Waals surface area contributed by atoms with Crippen LogP contribution in [0.15, 0.2) is 36.4 Å². The molecule has 0 aliphatic heterocycles. The summed E-state index contributed by atoms with van der Waals surface area (Å²) in [4.78, 5) is 11.0. The molecule has 6 nitrogen and oxygen atoms in total. The topological polar surface area (TPSA) is 99.0 Å². The Balaban J connectivity index is 2.19. The first-order valence-electron chi connectivity index (χ1n) is 6.17. The number of carbonyl (C=O) groups is 1. The number of ether oxygens (including phenoxy) is 1. The predicted molar refractivity (Wildman–Crippen MR) is 77.1 cm³/mol. The Morgan fingerprint density at radius 3 is 2.52 bits per heavy atom. The summed E-state index contributed by atoms with van der Waals surface area (Å²) in [7, 11) is 1.49. The Morgan fingerprint density at radius 1 is 1.14 bits per heavy atom. The van der Waals surface area contributed by atoms with Gasteiger partial charge in [-0.1, -0.05) is 6.07 Å². The van der Waals surface area contributed by atoms with E-state index in [-0.39, 0.29) is 17.1 Å². The van der Waals surface area contributed by atoms with Crippen LogP contribution in [0.3, 0.4) is 0 Å². The first kappa shape index (κ1) is 14.5. The van der Waals surface area contributed by atoms with Crippen LogP contribution in [0.25, 0.3) is 0 Å². The van der Waals surface area contributed by atoms with Crippen LogP contribution in [-0.2, 0) is 6.54 Å². The molecule has 0 aliphatic rings. The van der Waals surface area contributed by atoms with Crippen molar-refractivity contribution in [3.63, 3.8) is 0 Å². The minimum atomic E-state index is -1.03. The third-order valence-corrected chi connectivity index (χ3v) is 2.97. The lowest BCUT2D eigenvalue weighted by Gasteiger charge is -2.12. The van der Waals surface area contributed by atoms with Gasteiger partial charge >= 0.3 is 5.97 Å². The van der Waals surface area contributed by atoms with Gasteiger partial charge in [0.15, 0.2) is 11.5 Å². The van der Waals surface area contributed by atoms with E-state index in [1.54, 1.807) is 12.1 Å². The van der Waals surface area contributed by atoms with Gasteiger partial charge in [0, 0.05) is 6.54 Å². The lowest BCUT2D eigenvalue weighted by Crippen LogP contribution is -2.04. The predicted octanol–water partition coefficient (Wildman–Crippen LogP) is 2.42. The Bertz CT molecular complexity index is 669. The molecule has 0 bridgehead atoms. The van der Waals surface area contributed by atoms with Gasteiger partial charge in [-0.15, -0.1) is 0 Å². The van der Waals surface area contributed by atoms with Crippen molar-refractivity contribution >= 4 is 11.7 Å². The molecule has 0 atom stereocenters. The number of benzene rings is 2. The molecule has 0 radical (unpaired) electrons. The number of phenolic OH excluding ortho intramolecular Hbond substituents is 2. The molecule has 0 fully saturated rings. The van der Waals surface area contributed by atoms with Crippen molar-refractivity contribution < 1.29 is 24.9 Å². The molecule has 2 aromatic carbocycles. The van der Waals surface area contributed by atoms with Gasteiger partial charge in [-0.25, -0.2) is 4.79 Å². The van der Waals surface area contributed by atoms with E-state index >= 15 is 0 Å². The Hall–Kier alpha value is -2.89. The number of carboxylic acids is 1. The molecule has 0 spiro atoms. The summed E-state index contributed by atoms with van der Waals surface area (Å²) in [6, 6.07) is 8.96. The standard InChI is InChI=1S/C15H15NO5/c1-21-14-5-3-10(15(19)20)7-11(14)16-8-9-2-4-12(17)13(18)6-9/h2-7,16-18H,8H2,1H3,(H,19,20). The summed E-state index contributed by atoms with van der Waals surface area (Å²) < 4.78 is 5.17. The molecule has 4 N–H and O–H groups in total. The second kappa shape index (κ2) is 6.04. The van der Waals surface area contributed by atoms with Crippen LogP contribution in [0, 0.1) is 0 Å². The summed E-state index contributed by atoms with van der Waals surface area (Å²) in [6.45, 7) is 0.341. The average molecular weight is 289 g/mol. The van der Waals surface area contributed by atoms with Crippen LogP contribution in [0.5, 0.6) is 17.2 Å². The third kappa shape index (κ3) is 3.36. The Morgan fingerprint density at radius 2 is 1.90 bits per heavy atom. The zero-order valence-corrected chi connectivity index (χ0v) is 11.3.